The van der Waals surface area contributed by atoms with Gasteiger partial charge in [0.1, 0.15) is 28.2 Å². The van der Waals surface area contributed by atoms with E-state index >= 15 is 0 Å². The molecule has 2 aromatic heterocycles. The summed E-state index contributed by atoms with van der Waals surface area (Å²) >= 11 is 6.36. The van der Waals surface area contributed by atoms with Gasteiger partial charge >= 0.3 is 6.18 Å². The van der Waals surface area contributed by atoms with Gasteiger partial charge < -0.3 is 9.80 Å². The van der Waals surface area contributed by atoms with E-state index in [1.54, 1.807) is 0 Å². The Morgan fingerprint density at radius 2 is 1.64 bits per heavy atom. The van der Waals surface area contributed by atoms with Crippen LogP contribution >= 0.6 is 11.6 Å². The number of hydrogen-bond acceptors (Lipinski definition) is 6. The van der Waals surface area contributed by atoms with E-state index in [-0.39, 0.29) is 10.7 Å². The summed E-state index contributed by atoms with van der Waals surface area (Å²) in [5.41, 5.74) is -0.838. The maximum atomic E-state index is 13.9. The number of alkyl halides is 3. The Labute approximate surface area is 208 Å². The van der Waals surface area contributed by atoms with E-state index in [1.807, 2.05) is 9.80 Å². The fourth-order valence-electron chi connectivity index (χ4n) is 3.72. The molecule has 0 aliphatic carbocycles. The summed E-state index contributed by atoms with van der Waals surface area (Å²) < 4.78 is 92.6. The standard InChI is InChI=1S/C22H19ClF5N5O2S/c23-17-11-16(31-36(34,35)19-4-3-15(24)10-18(19)25)13-30-21(17)33-7-1-6-32(8-9-33)20-5-2-14(12-29-20)22(26,27)28/h2-5,10-13,31H,1,6-9H2. The van der Waals surface area contributed by atoms with Crippen molar-refractivity contribution in [3.05, 3.63) is 71.0 Å². The first-order chi connectivity index (χ1) is 16.9. The lowest BCUT2D eigenvalue weighted by atomic mass is 10.2. The maximum Gasteiger partial charge on any atom is 0.417 e. The summed E-state index contributed by atoms with van der Waals surface area (Å²) in [4.78, 5) is 11.2. The molecular weight excluding hydrogens is 529 g/mol. The number of benzene rings is 1. The fourth-order valence-corrected chi connectivity index (χ4v) is 5.10. The minimum absolute atomic E-state index is 0.0159. The van der Waals surface area contributed by atoms with Crippen LogP contribution in [0.1, 0.15) is 12.0 Å². The number of sulfonamides is 1. The zero-order chi connectivity index (χ0) is 26.1. The summed E-state index contributed by atoms with van der Waals surface area (Å²) in [6, 6.07) is 5.74. The van der Waals surface area contributed by atoms with E-state index in [4.69, 9.17) is 11.6 Å². The largest absolute Gasteiger partial charge is 0.417 e. The predicted molar refractivity (Wildman–Crippen MR) is 125 cm³/mol. The van der Waals surface area contributed by atoms with Crippen LogP contribution in [0.15, 0.2) is 53.7 Å². The fraction of sp³-hybridized carbons (Fsp3) is 0.273. The summed E-state index contributed by atoms with van der Waals surface area (Å²) in [5.74, 6) is -1.35. The minimum atomic E-state index is -4.46. The Bertz CT molecular complexity index is 1360. The van der Waals surface area contributed by atoms with Crippen LogP contribution in [0.5, 0.6) is 0 Å². The summed E-state index contributed by atoms with van der Waals surface area (Å²) in [7, 11) is -4.36. The number of nitrogens with zero attached hydrogens (tertiary/aromatic N) is 4. The van der Waals surface area contributed by atoms with Crippen molar-refractivity contribution in [1.29, 1.82) is 0 Å². The van der Waals surface area contributed by atoms with Gasteiger partial charge in [0.25, 0.3) is 10.0 Å². The van der Waals surface area contributed by atoms with Crippen molar-refractivity contribution in [3.63, 3.8) is 0 Å². The third-order valence-corrected chi connectivity index (χ3v) is 7.14. The summed E-state index contributed by atoms with van der Waals surface area (Å²) in [6.07, 6.45) is -1.80. The molecule has 36 heavy (non-hydrogen) atoms. The highest BCUT2D eigenvalue weighted by atomic mass is 35.5. The van der Waals surface area contributed by atoms with Gasteiger partial charge in [-0.25, -0.2) is 27.2 Å². The Hall–Kier alpha value is -3.19. The first-order valence-electron chi connectivity index (χ1n) is 10.6. The number of rotatable bonds is 5. The third kappa shape index (κ3) is 5.78. The van der Waals surface area contributed by atoms with Crippen LogP contribution in [0.25, 0.3) is 0 Å². The van der Waals surface area contributed by atoms with Crippen LogP contribution in [-0.4, -0.2) is 44.6 Å². The molecule has 4 rings (SSSR count). The average molecular weight is 548 g/mol. The number of halogens is 6. The Morgan fingerprint density at radius 3 is 2.28 bits per heavy atom. The van der Waals surface area contributed by atoms with Gasteiger partial charge in [0.05, 0.1) is 22.5 Å². The molecule has 7 nitrogen and oxygen atoms in total. The molecular formula is C22H19ClF5N5O2S. The molecule has 1 aliphatic heterocycles. The van der Waals surface area contributed by atoms with E-state index in [0.717, 1.165) is 24.4 Å². The molecule has 3 heterocycles. The predicted octanol–water partition coefficient (Wildman–Crippen LogP) is 4.94. The minimum Gasteiger partial charge on any atom is -0.355 e. The van der Waals surface area contributed by atoms with E-state index < -0.39 is 38.3 Å². The molecule has 1 aliphatic rings. The van der Waals surface area contributed by atoms with Gasteiger partial charge in [0, 0.05) is 38.4 Å². The molecule has 14 heteroatoms. The van der Waals surface area contributed by atoms with Gasteiger partial charge in [-0.05, 0) is 36.8 Å². The first kappa shape index (κ1) is 25.9. The highest BCUT2D eigenvalue weighted by Crippen LogP contribution is 2.31. The molecule has 0 amide bonds. The van der Waals surface area contributed by atoms with Gasteiger partial charge in [0.15, 0.2) is 0 Å². The number of aromatic nitrogens is 2. The van der Waals surface area contributed by atoms with E-state index in [1.165, 1.54) is 18.3 Å². The molecule has 0 spiro atoms. The van der Waals surface area contributed by atoms with Gasteiger partial charge in [-0.3, -0.25) is 4.72 Å². The number of pyridine rings is 2. The molecule has 0 bridgehead atoms. The monoisotopic (exact) mass is 547 g/mol. The highest BCUT2D eigenvalue weighted by molar-refractivity contribution is 7.92. The molecule has 0 atom stereocenters. The smallest absolute Gasteiger partial charge is 0.355 e. The van der Waals surface area contributed by atoms with Crippen LogP contribution in [0.4, 0.5) is 39.3 Å². The zero-order valence-corrected chi connectivity index (χ0v) is 20.0. The van der Waals surface area contributed by atoms with Crippen molar-refractivity contribution in [1.82, 2.24) is 9.97 Å². The molecule has 0 radical (unpaired) electrons. The van der Waals surface area contributed by atoms with Crippen molar-refractivity contribution < 1.29 is 30.4 Å². The van der Waals surface area contributed by atoms with Crippen molar-refractivity contribution >= 4 is 38.9 Å². The van der Waals surface area contributed by atoms with E-state index in [9.17, 15) is 30.4 Å². The van der Waals surface area contributed by atoms with E-state index in [0.29, 0.717) is 50.3 Å². The Morgan fingerprint density at radius 1 is 0.917 bits per heavy atom. The molecule has 1 aromatic carbocycles. The van der Waals surface area contributed by atoms with E-state index in [2.05, 4.69) is 14.7 Å². The molecule has 1 fully saturated rings. The maximum absolute atomic E-state index is 13.9. The second-order valence-electron chi connectivity index (χ2n) is 7.94. The quantitative estimate of drug-likeness (QED) is 0.456. The first-order valence-corrected chi connectivity index (χ1v) is 12.5. The van der Waals surface area contributed by atoms with Gasteiger partial charge in [0.2, 0.25) is 0 Å². The van der Waals surface area contributed by atoms with Crippen molar-refractivity contribution in [2.24, 2.45) is 0 Å². The molecule has 192 valence electrons. The molecule has 1 saturated heterocycles. The van der Waals surface area contributed by atoms with Gasteiger partial charge in [-0.2, -0.15) is 13.2 Å². The second-order valence-corrected chi connectivity index (χ2v) is 10.00. The average Bonchev–Trinajstić information content (AvgIpc) is 3.04. The number of anilines is 3. The van der Waals surface area contributed by atoms with Crippen LogP contribution in [0.3, 0.4) is 0 Å². The number of nitrogens with one attached hydrogen (secondary N) is 1. The van der Waals surface area contributed by atoms with Crippen molar-refractivity contribution in [2.45, 2.75) is 17.5 Å². The lowest BCUT2D eigenvalue weighted by Gasteiger charge is -2.24. The van der Waals surface area contributed by atoms with Gasteiger partial charge in [-0.1, -0.05) is 11.6 Å². The summed E-state index contributed by atoms with van der Waals surface area (Å²) in [6.45, 7) is 1.96. The molecule has 3 aromatic rings. The topological polar surface area (TPSA) is 78.4 Å². The lowest BCUT2D eigenvalue weighted by molar-refractivity contribution is -0.137. The summed E-state index contributed by atoms with van der Waals surface area (Å²) in [5, 5.41) is 0.135. The van der Waals surface area contributed by atoms with Gasteiger partial charge in [-0.15, -0.1) is 0 Å². The molecule has 0 unspecified atom stereocenters. The van der Waals surface area contributed by atoms with Crippen LogP contribution in [-0.2, 0) is 16.2 Å². The normalized spacial score (nSPS) is 15.1. The number of hydrogen-bond donors (Lipinski definition) is 1. The molecule has 1 N–H and O–H groups in total. The SMILES string of the molecule is O=S(=O)(Nc1cnc(N2CCCN(c3ccc(C(F)(F)F)cn3)CC2)c(Cl)c1)c1ccc(F)cc1F. The third-order valence-electron chi connectivity index (χ3n) is 5.45. The van der Waals surface area contributed by atoms with Crippen LogP contribution in [0.2, 0.25) is 5.02 Å². The van der Waals surface area contributed by atoms with Crippen molar-refractivity contribution in [3.8, 4) is 0 Å². The molecule has 0 saturated carbocycles. The Kier molecular flexibility index (Phi) is 7.23. The van der Waals surface area contributed by atoms with Crippen LogP contribution < -0.4 is 14.5 Å². The highest BCUT2D eigenvalue weighted by Gasteiger charge is 2.31. The Balaban J connectivity index is 1.45. The van der Waals surface area contributed by atoms with Crippen molar-refractivity contribution in [2.75, 3.05) is 40.7 Å². The van der Waals surface area contributed by atoms with Crippen LogP contribution in [0, 0.1) is 11.6 Å². The second kappa shape index (κ2) is 10.1. The zero-order valence-electron chi connectivity index (χ0n) is 18.4. The lowest BCUT2D eigenvalue weighted by Crippen LogP contribution is -2.31.